The van der Waals surface area contributed by atoms with Crippen LogP contribution in [0.15, 0.2) is 18.2 Å². The summed E-state index contributed by atoms with van der Waals surface area (Å²) >= 11 is 0. The van der Waals surface area contributed by atoms with Crippen LogP contribution >= 0.6 is 12.4 Å². The number of nitrogens with zero attached hydrogens (tertiary/aromatic N) is 2. The molecule has 156 valence electrons. The Kier molecular flexibility index (Phi) is 8.13. The van der Waals surface area contributed by atoms with Crippen molar-refractivity contribution in [2.75, 3.05) is 39.3 Å². The van der Waals surface area contributed by atoms with E-state index in [-0.39, 0.29) is 36.7 Å². The maximum Gasteiger partial charge on any atom is 0.260 e. The summed E-state index contributed by atoms with van der Waals surface area (Å²) in [6.07, 6.45) is 1.81. The molecule has 0 spiro atoms. The molecule has 1 aromatic rings. The van der Waals surface area contributed by atoms with Gasteiger partial charge in [-0.1, -0.05) is 6.07 Å². The van der Waals surface area contributed by atoms with Crippen molar-refractivity contribution < 1.29 is 14.3 Å². The molecule has 2 amide bonds. The van der Waals surface area contributed by atoms with E-state index in [1.54, 1.807) is 4.90 Å². The Labute approximate surface area is 174 Å². The Morgan fingerprint density at radius 2 is 1.68 bits per heavy atom. The lowest BCUT2D eigenvalue weighted by Gasteiger charge is -2.38. The first-order valence-corrected chi connectivity index (χ1v) is 9.93. The smallest absolute Gasteiger partial charge is 0.260 e. The third kappa shape index (κ3) is 5.85. The van der Waals surface area contributed by atoms with Gasteiger partial charge in [-0.05, 0) is 63.4 Å². The van der Waals surface area contributed by atoms with Gasteiger partial charge in [0.1, 0.15) is 5.75 Å². The predicted molar refractivity (Wildman–Crippen MR) is 112 cm³/mol. The number of ether oxygens (including phenoxy) is 1. The summed E-state index contributed by atoms with van der Waals surface area (Å²) in [6.45, 7) is 9.52. The number of halogens is 1. The van der Waals surface area contributed by atoms with Gasteiger partial charge in [0, 0.05) is 38.1 Å². The van der Waals surface area contributed by atoms with Gasteiger partial charge in [-0.2, -0.15) is 0 Å². The molecule has 1 N–H and O–H groups in total. The lowest BCUT2D eigenvalue weighted by Crippen LogP contribution is -2.54. The van der Waals surface area contributed by atoms with Crippen molar-refractivity contribution in [1.82, 2.24) is 15.1 Å². The molecule has 3 rings (SSSR count). The number of rotatable bonds is 4. The average Bonchev–Trinajstić information content (AvgIpc) is 2.65. The van der Waals surface area contributed by atoms with Crippen LogP contribution < -0.4 is 10.1 Å². The van der Waals surface area contributed by atoms with Gasteiger partial charge in [-0.3, -0.25) is 9.59 Å². The molecule has 0 radical (unpaired) electrons. The first-order valence-electron chi connectivity index (χ1n) is 9.93. The van der Waals surface area contributed by atoms with Crippen LogP contribution in [0.3, 0.4) is 0 Å². The fraction of sp³-hybridized carbons (Fsp3) is 0.619. The van der Waals surface area contributed by atoms with Crippen molar-refractivity contribution in [3.8, 4) is 5.75 Å². The molecule has 0 saturated carbocycles. The van der Waals surface area contributed by atoms with Crippen LogP contribution in [0.5, 0.6) is 5.75 Å². The number of aryl methyl sites for hydroxylation is 2. The molecule has 2 saturated heterocycles. The Balaban J connectivity index is 0.00000280. The van der Waals surface area contributed by atoms with Crippen molar-refractivity contribution in [2.45, 2.75) is 39.7 Å². The van der Waals surface area contributed by atoms with Gasteiger partial charge in [-0.25, -0.2) is 0 Å². The summed E-state index contributed by atoms with van der Waals surface area (Å²) < 4.78 is 5.69. The van der Waals surface area contributed by atoms with E-state index < -0.39 is 0 Å². The SMILES string of the molecule is Cc1cc(C)cc(OCC(=O)N2CCN(C(=O)[C@H]3CCN[C@@H](C)C3)CC2)c1.Cl. The zero-order valence-electron chi connectivity index (χ0n) is 17.1. The van der Waals surface area contributed by atoms with E-state index in [0.29, 0.717) is 32.2 Å². The number of benzene rings is 1. The molecule has 6 nitrogen and oxygen atoms in total. The summed E-state index contributed by atoms with van der Waals surface area (Å²) in [5.41, 5.74) is 2.24. The highest BCUT2D eigenvalue weighted by molar-refractivity contribution is 5.85. The van der Waals surface area contributed by atoms with Gasteiger partial charge in [-0.15, -0.1) is 12.4 Å². The second kappa shape index (κ2) is 10.1. The summed E-state index contributed by atoms with van der Waals surface area (Å²) in [4.78, 5) is 28.9. The fourth-order valence-corrected chi connectivity index (χ4v) is 4.04. The number of nitrogens with one attached hydrogen (secondary N) is 1. The van der Waals surface area contributed by atoms with Crippen LogP contribution in [-0.2, 0) is 9.59 Å². The Bertz CT molecular complexity index is 669. The molecule has 0 aliphatic carbocycles. The first-order chi connectivity index (χ1) is 12.9. The molecular formula is C21H32ClN3O3. The van der Waals surface area contributed by atoms with Crippen molar-refractivity contribution in [1.29, 1.82) is 0 Å². The minimum absolute atomic E-state index is 0. The summed E-state index contributed by atoms with van der Waals surface area (Å²) in [5.74, 6) is 1.09. The molecule has 1 aromatic carbocycles. The minimum atomic E-state index is -0.0169. The van der Waals surface area contributed by atoms with E-state index in [4.69, 9.17) is 4.74 Å². The summed E-state index contributed by atoms with van der Waals surface area (Å²) in [5, 5.41) is 3.39. The Morgan fingerprint density at radius 3 is 2.29 bits per heavy atom. The van der Waals surface area contributed by atoms with E-state index in [0.717, 1.165) is 36.3 Å². The lowest BCUT2D eigenvalue weighted by molar-refractivity contribution is -0.143. The molecular weight excluding hydrogens is 378 g/mol. The highest BCUT2D eigenvalue weighted by Gasteiger charge is 2.31. The highest BCUT2D eigenvalue weighted by Crippen LogP contribution is 2.20. The van der Waals surface area contributed by atoms with Crippen molar-refractivity contribution in [3.05, 3.63) is 29.3 Å². The first kappa shape index (κ1) is 22.5. The van der Waals surface area contributed by atoms with Crippen molar-refractivity contribution in [2.24, 2.45) is 5.92 Å². The third-order valence-corrected chi connectivity index (χ3v) is 5.47. The zero-order valence-corrected chi connectivity index (χ0v) is 17.9. The monoisotopic (exact) mass is 409 g/mol. The number of piperazine rings is 1. The molecule has 2 heterocycles. The number of piperidine rings is 1. The van der Waals surface area contributed by atoms with Gasteiger partial charge in [0.15, 0.2) is 6.61 Å². The van der Waals surface area contributed by atoms with Crippen LogP contribution in [0.2, 0.25) is 0 Å². The normalized spacial score (nSPS) is 22.4. The number of carbonyl (C=O) groups is 2. The van der Waals surface area contributed by atoms with Crippen LogP contribution in [0.4, 0.5) is 0 Å². The molecule has 2 atom stereocenters. The fourth-order valence-electron chi connectivity index (χ4n) is 4.04. The molecule has 2 aliphatic heterocycles. The molecule has 2 aliphatic rings. The van der Waals surface area contributed by atoms with Gasteiger partial charge >= 0.3 is 0 Å². The van der Waals surface area contributed by atoms with Gasteiger partial charge < -0.3 is 19.9 Å². The van der Waals surface area contributed by atoms with Crippen LogP contribution in [0.25, 0.3) is 0 Å². The van der Waals surface area contributed by atoms with Crippen LogP contribution in [0.1, 0.15) is 30.9 Å². The molecule has 0 bridgehead atoms. The largest absolute Gasteiger partial charge is 0.484 e. The minimum Gasteiger partial charge on any atom is -0.484 e. The summed E-state index contributed by atoms with van der Waals surface area (Å²) in [7, 11) is 0. The van der Waals surface area contributed by atoms with E-state index >= 15 is 0 Å². The predicted octanol–water partition coefficient (Wildman–Crippen LogP) is 2.16. The van der Waals surface area contributed by atoms with Crippen molar-refractivity contribution in [3.63, 3.8) is 0 Å². The van der Waals surface area contributed by atoms with Gasteiger partial charge in [0.25, 0.3) is 5.91 Å². The average molecular weight is 410 g/mol. The Hall–Kier alpha value is -1.79. The molecule has 0 aromatic heterocycles. The van der Waals surface area contributed by atoms with Crippen molar-refractivity contribution >= 4 is 24.2 Å². The van der Waals surface area contributed by atoms with E-state index in [1.807, 2.05) is 30.9 Å². The number of hydrogen-bond donors (Lipinski definition) is 1. The Morgan fingerprint density at radius 1 is 1.07 bits per heavy atom. The maximum absolute atomic E-state index is 12.7. The van der Waals surface area contributed by atoms with Crippen LogP contribution in [-0.4, -0.2) is 67.0 Å². The van der Waals surface area contributed by atoms with E-state index in [9.17, 15) is 9.59 Å². The number of carbonyl (C=O) groups excluding carboxylic acids is 2. The summed E-state index contributed by atoms with van der Waals surface area (Å²) in [6, 6.07) is 6.36. The molecule has 0 unspecified atom stereocenters. The number of hydrogen-bond acceptors (Lipinski definition) is 4. The topological polar surface area (TPSA) is 61.9 Å². The van der Waals surface area contributed by atoms with Gasteiger partial charge in [0.2, 0.25) is 5.91 Å². The van der Waals surface area contributed by atoms with E-state index in [2.05, 4.69) is 18.3 Å². The zero-order chi connectivity index (χ0) is 19.4. The van der Waals surface area contributed by atoms with E-state index in [1.165, 1.54) is 0 Å². The number of amides is 2. The molecule has 7 heteroatoms. The maximum atomic E-state index is 12.7. The molecule has 28 heavy (non-hydrogen) atoms. The van der Waals surface area contributed by atoms with Gasteiger partial charge in [0.05, 0.1) is 0 Å². The standard InChI is InChI=1S/C21H31N3O3.ClH/c1-15-10-16(2)12-19(11-15)27-14-20(25)23-6-8-24(9-7-23)21(26)18-4-5-22-17(3)13-18;/h10-12,17-18,22H,4-9,13-14H2,1-3H3;1H/t17-,18-;/m0./s1. The quantitative estimate of drug-likeness (QED) is 0.827. The second-order valence-electron chi connectivity index (χ2n) is 7.89. The highest BCUT2D eigenvalue weighted by atomic mass is 35.5. The van der Waals surface area contributed by atoms with Crippen LogP contribution in [0, 0.1) is 19.8 Å². The third-order valence-electron chi connectivity index (χ3n) is 5.47. The molecule has 2 fully saturated rings. The lowest BCUT2D eigenvalue weighted by atomic mass is 9.92. The second-order valence-corrected chi connectivity index (χ2v) is 7.89.